The molecule has 0 nitrogen and oxygen atoms in total. The van der Waals surface area contributed by atoms with E-state index in [1.165, 1.54) is 5.56 Å². The van der Waals surface area contributed by atoms with E-state index in [2.05, 4.69) is 28.9 Å². The first-order chi connectivity index (χ1) is 5.70. The molecule has 0 saturated carbocycles. The molecule has 0 spiro atoms. The van der Waals surface area contributed by atoms with Crippen molar-refractivity contribution < 1.29 is 0 Å². The molecule has 4 heteroatoms. The third-order valence-corrected chi connectivity index (χ3v) is 2.60. The highest BCUT2D eigenvalue weighted by Gasteiger charge is 2.00. The van der Waals surface area contributed by atoms with Gasteiger partial charge in [-0.25, -0.2) is 0 Å². The Morgan fingerprint density at radius 1 is 1.29 bits per heavy atom. The highest BCUT2D eigenvalue weighted by molar-refractivity contribution is 9.09. The molecule has 0 N–H and O–H groups in total. The van der Waals surface area contributed by atoms with E-state index >= 15 is 0 Å². The summed E-state index contributed by atoms with van der Waals surface area (Å²) in [4.78, 5) is 0.564. The largest absolute Gasteiger partial charge is 0.147 e. The van der Waals surface area contributed by atoms with Gasteiger partial charge in [-0.2, -0.15) is 0 Å². The summed E-state index contributed by atoms with van der Waals surface area (Å²) in [5, 5.41) is 0.880. The van der Waals surface area contributed by atoms with Crippen LogP contribution in [0.1, 0.15) is 18.9 Å². The van der Waals surface area contributed by atoms with Crippen LogP contribution in [0.5, 0.6) is 0 Å². The van der Waals surface area contributed by atoms with Gasteiger partial charge >= 0.3 is 0 Å². The van der Waals surface area contributed by atoms with Crippen molar-refractivity contribution in [3.05, 3.63) is 34.9 Å². The highest BCUT2D eigenvalue weighted by Crippen LogP contribution is 2.18. The molecule has 1 unspecified atom stereocenters. The SMILES string of the molecule is CC(Br)CCc1ccccc1Cl.Cl.Cl. The normalized spacial score (nSPS) is 11.1. The maximum atomic E-state index is 5.99. The Morgan fingerprint density at radius 2 is 1.86 bits per heavy atom. The molecular formula is C10H14BrCl3. The molecule has 0 heterocycles. The summed E-state index contributed by atoms with van der Waals surface area (Å²) in [6.45, 7) is 2.15. The second kappa shape index (κ2) is 8.84. The fourth-order valence-corrected chi connectivity index (χ4v) is 1.51. The van der Waals surface area contributed by atoms with Crippen LogP contribution >= 0.6 is 52.3 Å². The van der Waals surface area contributed by atoms with Crippen LogP contribution in [0.3, 0.4) is 0 Å². The number of hydrogen-bond donors (Lipinski definition) is 0. The van der Waals surface area contributed by atoms with Gasteiger partial charge in [0, 0.05) is 9.85 Å². The van der Waals surface area contributed by atoms with Gasteiger partial charge in [0.1, 0.15) is 0 Å². The van der Waals surface area contributed by atoms with Crippen LogP contribution in [0.2, 0.25) is 5.02 Å². The summed E-state index contributed by atoms with van der Waals surface area (Å²) in [5.74, 6) is 0. The van der Waals surface area contributed by atoms with E-state index in [0.717, 1.165) is 17.9 Å². The van der Waals surface area contributed by atoms with Gasteiger partial charge in [-0.05, 0) is 24.5 Å². The molecule has 0 aromatic heterocycles. The quantitative estimate of drug-likeness (QED) is 0.695. The lowest BCUT2D eigenvalue weighted by Crippen LogP contribution is -1.94. The zero-order valence-corrected chi connectivity index (χ0v) is 11.8. The fraction of sp³-hybridized carbons (Fsp3) is 0.400. The lowest BCUT2D eigenvalue weighted by atomic mass is 10.1. The number of alkyl halides is 1. The maximum absolute atomic E-state index is 5.99. The highest BCUT2D eigenvalue weighted by atomic mass is 79.9. The van der Waals surface area contributed by atoms with Gasteiger partial charge in [-0.3, -0.25) is 0 Å². The minimum Gasteiger partial charge on any atom is -0.147 e. The smallest absolute Gasteiger partial charge is 0.0437 e. The third kappa shape index (κ3) is 6.13. The minimum absolute atomic E-state index is 0. The van der Waals surface area contributed by atoms with E-state index in [9.17, 15) is 0 Å². The molecule has 0 radical (unpaired) electrons. The summed E-state index contributed by atoms with van der Waals surface area (Å²) in [6, 6.07) is 8.01. The van der Waals surface area contributed by atoms with Gasteiger partial charge < -0.3 is 0 Å². The van der Waals surface area contributed by atoms with E-state index < -0.39 is 0 Å². The van der Waals surface area contributed by atoms with Crippen molar-refractivity contribution >= 4 is 52.3 Å². The minimum atomic E-state index is 0. The molecule has 0 aliphatic carbocycles. The molecule has 0 fully saturated rings. The number of hydrogen-bond acceptors (Lipinski definition) is 0. The van der Waals surface area contributed by atoms with E-state index in [1.54, 1.807) is 0 Å². The molecular weight excluding hydrogens is 306 g/mol. The van der Waals surface area contributed by atoms with Crippen LogP contribution in [0, 0.1) is 0 Å². The molecule has 0 bridgehead atoms. The standard InChI is InChI=1S/C10H12BrCl.2ClH/c1-8(11)6-7-9-4-2-3-5-10(9)12;;/h2-5,8H,6-7H2,1H3;2*1H. The molecule has 14 heavy (non-hydrogen) atoms. The van der Waals surface area contributed by atoms with Crippen molar-refractivity contribution in [1.29, 1.82) is 0 Å². The summed E-state index contributed by atoms with van der Waals surface area (Å²) in [5.41, 5.74) is 1.24. The number of benzene rings is 1. The summed E-state index contributed by atoms with van der Waals surface area (Å²) >= 11 is 9.51. The van der Waals surface area contributed by atoms with Crippen molar-refractivity contribution in [1.82, 2.24) is 0 Å². The monoisotopic (exact) mass is 318 g/mol. The first-order valence-corrected chi connectivity index (χ1v) is 5.37. The predicted octanol–water partition coefficient (Wildman–Crippen LogP) is 4.90. The van der Waals surface area contributed by atoms with Gasteiger partial charge in [0.25, 0.3) is 0 Å². The Bertz CT molecular complexity index is 251. The molecule has 1 rings (SSSR count). The first kappa shape index (κ1) is 17.0. The Kier molecular flexibility index (Phi) is 10.7. The second-order valence-corrected chi connectivity index (χ2v) is 4.88. The Morgan fingerprint density at radius 3 is 2.36 bits per heavy atom. The van der Waals surface area contributed by atoms with Crippen molar-refractivity contribution in [2.45, 2.75) is 24.6 Å². The van der Waals surface area contributed by atoms with Crippen LogP contribution in [0.15, 0.2) is 24.3 Å². The molecule has 0 aliphatic heterocycles. The lowest BCUT2D eigenvalue weighted by molar-refractivity contribution is 0.822. The molecule has 1 atom stereocenters. The van der Waals surface area contributed by atoms with Gasteiger partial charge in [-0.15, -0.1) is 24.8 Å². The third-order valence-electron chi connectivity index (χ3n) is 1.77. The molecule has 0 aliphatic rings. The molecule has 82 valence electrons. The van der Waals surface area contributed by atoms with Crippen molar-refractivity contribution in [3.63, 3.8) is 0 Å². The maximum Gasteiger partial charge on any atom is 0.0437 e. The van der Waals surface area contributed by atoms with E-state index in [4.69, 9.17) is 11.6 Å². The summed E-state index contributed by atoms with van der Waals surface area (Å²) < 4.78 is 0. The van der Waals surface area contributed by atoms with Crippen LogP contribution < -0.4 is 0 Å². The van der Waals surface area contributed by atoms with Gasteiger partial charge in [-0.1, -0.05) is 52.7 Å². The van der Waals surface area contributed by atoms with Crippen LogP contribution in [-0.2, 0) is 6.42 Å². The number of rotatable bonds is 3. The van der Waals surface area contributed by atoms with Crippen LogP contribution in [0.4, 0.5) is 0 Å². The van der Waals surface area contributed by atoms with Crippen molar-refractivity contribution in [2.24, 2.45) is 0 Å². The van der Waals surface area contributed by atoms with E-state index in [-0.39, 0.29) is 24.8 Å². The topological polar surface area (TPSA) is 0 Å². The fourth-order valence-electron chi connectivity index (χ4n) is 1.06. The van der Waals surface area contributed by atoms with Gasteiger partial charge in [0.15, 0.2) is 0 Å². The zero-order valence-electron chi connectivity index (χ0n) is 7.87. The Balaban J connectivity index is 0. The Hall–Kier alpha value is 0.570. The van der Waals surface area contributed by atoms with E-state index in [0.29, 0.717) is 4.83 Å². The van der Waals surface area contributed by atoms with Gasteiger partial charge in [0.2, 0.25) is 0 Å². The molecule has 1 aromatic carbocycles. The van der Waals surface area contributed by atoms with E-state index in [1.807, 2.05) is 18.2 Å². The molecule has 0 saturated heterocycles. The average molecular weight is 320 g/mol. The number of halogens is 4. The Labute approximate surface area is 111 Å². The average Bonchev–Trinajstić information content (AvgIpc) is 2.03. The second-order valence-electron chi connectivity index (χ2n) is 2.91. The van der Waals surface area contributed by atoms with Crippen molar-refractivity contribution in [3.8, 4) is 0 Å². The van der Waals surface area contributed by atoms with Crippen LogP contribution in [0.25, 0.3) is 0 Å². The zero-order chi connectivity index (χ0) is 8.97. The summed E-state index contributed by atoms with van der Waals surface area (Å²) in [7, 11) is 0. The first-order valence-electron chi connectivity index (χ1n) is 4.07. The number of aryl methyl sites for hydroxylation is 1. The van der Waals surface area contributed by atoms with Crippen LogP contribution in [-0.4, -0.2) is 4.83 Å². The molecule has 1 aromatic rings. The van der Waals surface area contributed by atoms with Crippen molar-refractivity contribution in [2.75, 3.05) is 0 Å². The summed E-state index contributed by atoms with van der Waals surface area (Å²) in [6.07, 6.45) is 2.18. The predicted molar refractivity (Wildman–Crippen MR) is 72.7 cm³/mol. The van der Waals surface area contributed by atoms with Gasteiger partial charge in [0.05, 0.1) is 0 Å². The molecule has 0 amide bonds. The lowest BCUT2D eigenvalue weighted by Gasteiger charge is -2.04.